The first-order valence-electron chi connectivity index (χ1n) is 23.9. The van der Waals surface area contributed by atoms with Crippen LogP contribution >= 0.6 is 0 Å². The van der Waals surface area contributed by atoms with E-state index < -0.39 is 83.9 Å². The Morgan fingerprint density at radius 2 is 1.58 bits per heavy atom. The average molecular weight is 916 g/mol. The maximum absolute atomic E-state index is 17.1. The molecule has 15 atom stereocenters. The van der Waals surface area contributed by atoms with Crippen LogP contribution in [0.5, 0.6) is 0 Å². The summed E-state index contributed by atoms with van der Waals surface area (Å²) >= 11 is 0. The number of hydrogen-bond acceptors (Lipinski definition) is 12. The maximum Gasteiger partial charge on any atom is 0.329 e. The first kappa shape index (κ1) is 54.2. The Morgan fingerprint density at radius 3 is 2.26 bits per heavy atom. The van der Waals surface area contributed by atoms with E-state index in [1.54, 1.807) is 48.0 Å². The number of halogens is 1. The summed E-state index contributed by atoms with van der Waals surface area (Å²) in [5.41, 5.74) is 1.22. The molecule has 1 aliphatic carbocycles. The van der Waals surface area contributed by atoms with Crippen LogP contribution in [0.1, 0.15) is 126 Å². The van der Waals surface area contributed by atoms with Crippen LogP contribution in [0, 0.1) is 35.5 Å². The quantitative estimate of drug-likeness (QED) is 0.157. The number of aliphatic hydroxyl groups excluding tert-OH is 2. The van der Waals surface area contributed by atoms with Gasteiger partial charge in [-0.2, -0.15) is 0 Å². The molecule has 3 fully saturated rings. The summed E-state index contributed by atoms with van der Waals surface area (Å²) in [7, 11) is 4.47. The molecule has 65 heavy (non-hydrogen) atoms. The number of esters is 1. The summed E-state index contributed by atoms with van der Waals surface area (Å²) in [5, 5.41) is 21.9. The minimum absolute atomic E-state index is 0.00748. The van der Waals surface area contributed by atoms with Crippen LogP contribution in [0.2, 0.25) is 0 Å². The van der Waals surface area contributed by atoms with Crippen molar-refractivity contribution >= 4 is 29.2 Å². The Labute approximate surface area is 386 Å². The molecule has 366 valence electrons. The summed E-state index contributed by atoms with van der Waals surface area (Å²) in [4.78, 5) is 71.4. The predicted molar refractivity (Wildman–Crippen MR) is 244 cm³/mol. The number of piperidine rings is 1. The van der Waals surface area contributed by atoms with Crippen LogP contribution in [-0.4, -0.2) is 127 Å². The zero-order valence-corrected chi connectivity index (χ0v) is 40.5. The van der Waals surface area contributed by atoms with Crippen molar-refractivity contribution in [2.24, 2.45) is 35.5 Å². The number of hydrogen-bond donors (Lipinski definition) is 2. The molecule has 4 aliphatic rings. The van der Waals surface area contributed by atoms with E-state index in [4.69, 9.17) is 23.7 Å². The number of carbonyl (C=O) groups is 5. The SMILES string of the molecule is CO[C@H]1C[C@@H]2CC[C@@H](C)C(F)(O2)C(=O)C(=O)N2CCCCC2C(=O)O[C@H]([C@H](C)CC2CC[C@H](O)[C@H](OC)C2)CC(=O)[C@H](C)/C=C(\C)[C@@H](O)[C@@H](OC)C(=O)[C@H](C)C[C@H](C)/C=C/C=CC=C1C. The molecule has 13 nitrogen and oxygen atoms in total. The summed E-state index contributed by atoms with van der Waals surface area (Å²) in [6.45, 7) is 12.5. The van der Waals surface area contributed by atoms with E-state index in [2.05, 4.69) is 0 Å². The molecule has 14 heteroatoms. The predicted octanol–water partition coefficient (Wildman–Crippen LogP) is 7.16. The van der Waals surface area contributed by atoms with Crippen LogP contribution in [0.4, 0.5) is 4.39 Å². The molecule has 0 aromatic heterocycles. The number of fused-ring (bicyclic) bond motifs is 3. The fourth-order valence-electron chi connectivity index (χ4n) is 10.1. The second-order valence-electron chi connectivity index (χ2n) is 19.5. The molecule has 0 radical (unpaired) electrons. The van der Waals surface area contributed by atoms with E-state index in [-0.39, 0.29) is 67.7 Å². The molecule has 3 heterocycles. The van der Waals surface area contributed by atoms with Crippen LogP contribution in [-0.2, 0) is 47.7 Å². The second-order valence-corrected chi connectivity index (χ2v) is 19.5. The topological polar surface area (TPSA) is 175 Å². The summed E-state index contributed by atoms with van der Waals surface area (Å²) in [6, 6.07) is -1.20. The van der Waals surface area contributed by atoms with Crippen LogP contribution in [0.15, 0.2) is 47.6 Å². The Morgan fingerprint density at radius 1 is 0.862 bits per heavy atom. The first-order valence-corrected chi connectivity index (χ1v) is 23.9. The van der Waals surface area contributed by atoms with Gasteiger partial charge in [-0.05, 0) is 107 Å². The summed E-state index contributed by atoms with van der Waals surface area (Å²) in [6.07, 6.45) is 10.3. The van der Waals surface area contributed by atoms with Gasteiger partial charge in [0.05, 0.1) is 24.4 Å². The van der Waals surface area contributed by atoms with Gasteiger partial charge in [-0.25, -0.2) is 9.18 Å². The molecule has 3 unspecified atom stereocenters. The fraction of sp³-hybridized carbons (Fsp3) is 0.745. The molecular formula is C51H78FNO12. The van der Waals surface area contributed by atoms with Crippen LogP contribution in [0.25, 0.3) is 0 Å². The lowest BCUT2D eigenvalue weighted by Crippen LogP contribution is -2.59. The number of Topliss-reactive ketones (excluding diaryl/α,β-unsaturated/α-hetero) is 3. The molecule has 1 saturated carbocycles. The van der Waals surface area contributed by atoms with Crippen molar-refractivity contribution in [3.63, 3.8) is 0 Å². The number of allylic oxidation sites excluding steroid dienone is 6. The number of rotatable bonds is 6. The minimum Gasteiger partial charge on any atom is -0.460 e. The van der Waals surface area contributed by atoms with Crippen molar-refractivity contribution in [1.29, 1.82) is 0 Å². The molecule has 2 N–H and O–H groups in total. The van der Waals surface area contributed by atoms with Gasteiger partial charge in [0, 0.05) is 58.5 Å². The van der Waals surface area contributed by atoms with Crippen LogP contribution in [0.3, 0.4) is 0 Å². The number of aliphatic hydroxyl groups is 2. The number of nitrogens with zero attached hydrogens (tertiary/aromatic N) is 1. The van der Waals surface area contributed by atoms with Gasteiger partial charge in [-0.15, -0.1) is 0 Å². The highest BCUT2D eigenvalue weighted by molar-refractivity contribution is 6.39. The van der Waals surface area contributed by atoms with Gasteiger partial charge in [-0.3, -0.25) is 19.2 Å². The van der Waals surface area contributed by atoms with Crippen LogP contribution < -0.4 is 0 Å². The second kappa shape index (κ2) is 25.1. The van der Waals surface area contributed by atoms with Gasteiger partial charge in [0.2, 0.25) is 0 Å². The summed E-state index contributed by atoms with van der Waals surface area (Å²) in [5.74, 6) is -9.16. The van der Waals surface area contributed by atoms with E-state index >= 15 is 4.39 Å². The number of alkyl halides is 1. The van der Waals surface area contributed by atoms with E-state index in [0.717, 1.165) is 10.5 Å². The van der Waals surface area contributed by atoms with Crippen molar-refractivity contribution in [3.8, 4) is 0 Å². The molecule has 0 aromatic rings. The Balaban J connectivity index is 1.70. The van der Waals surface area contributed by atoms with Crippen molar-refractivity contribution in [3.05, 3.63) is 47.6 Å². The zero-order chi connectivity index (χ0) is 48.2. The Kier molecular flexibility index (Phi) is 20.9. The van der Waals surface area contributed by atoms with Crippen molar-refractivity contribution in [1.82, 2.24) is 4.90 Å². The lowest BCUT2D eigenvalue weighted by molar-refractivity contribution is -0.231. The third-order valence-corrected chi connectivity index (χ3v) is 14.4. The lowest BCUT2D eigenvalue weighted by atomic mass is 9.78. The summed E-state index contributed by atoms with van der Waals surface area (Å²) < 4.78 is 46.1. The largest absolute Gasteiger partial charge is 0.460 e. The molecule has 0 aromatic carbocycles. The zero-order valence-electron chi connectivity index (χ0n) is 40.5. The first-order chi connectivity index (χ1) is 30.7. The van der Waals surface area contributed by atoms with E-state index in [1.165, 1.54) is 7.11 Å². The standard InChI is InChI=1S/C51H78FNO12/c1-30-16-12-11-13-17-31(2)42(61-8)28-38-21-19-36(7)51(52,65-38)48(58)49(59)53-23-15-14-18-39(53)50(60)64-43(33(4)26-37-20-22-40(54)44(27-37)62-9)29-41(55)32(3)25-35(6)46(57)47(63-10)45(56)34(5)24-30/h11-13,16-17,25,30,32-34,36-40,42-44,46-47,54,57H,14-15,18-24,26-29H2,1-10H3/b13-11?,16-12+,31-17?,35-25+/t30-,32-,33-,34-,36-,37?,38+,39?,40+,42+,43+,44-,46-,47+,51?/m1/s1. The molecular weight excluding hydrogens is 838 g/mol. The molecule has 1 amide bonds. The third-order valence-electron chi connectivity index (χ3n) is 14.4. The van der Waals surface area contributed by atoms with Crippen molar-refractivity contribution < 1.29 is 62.3 Å². The Hall–Kier alpha value is -3.40. The molecule has 2 saturated heterocycles. The Bertz CT molecular complexity index is 1760. The lowest BCUT2D eigenvalue weighted by Gasteiger charge is -2.41. The number of amides is 1. The maximum atomic E-state index is 17.1. The highest BCUT2D eigenvalue weighted by Crippen LogP contribution is 2.40. The van der Waals surface area contributed by atoms with Gasteiger partial charge >= 0.3 is 5.97 Å². The average Bonchev–Trinajstić information content (AvgIpc) is 3.28. The smallest absolute Gasteiger partial charge is 0.329 e. The normalized spacial score (nSPS) is 39.1. The number of ketones is 3. The molecule has 4 rings (SSSR count). The fourth-order valence-corrected chi connectivity index (χ4v) is 10.1. The van der Waals surface area contributed by atoms with Gasteiger partial charge in [0.1, 0.15) is 30.1 Å². The highest BCUT2D eigenvalue weighted by Gasteiger charge is 2.55. The number of ether oxygens (including phenoxy) is 5. The van der Waals surface area contributed by atoms with Crippen molar-refractivity contribution in [2.45, 2.75) is 180 Å². The molecule has 2 bridgehead atoms. The molecule has 3 aliphatic heterocycles. The van der Waals surface area contributed by atoms with E-state index in [9.17, 15) is 34.2 Å². The van der Waals surface area contributed by atoms with E-state index in [1.807, 2.05) is 51.2 Å². The van der Waals surface area contributed by atoms with Gasteiger partial charge in [0.15, 0.2) is 5.78 Å². The minimum atomic E-state index is -2.93. The van der Waals surface area contributed by atoms with Gasteiger partial charge in [0.25, 0.3) is 17.5 Å². The third kappa shape index (κ3) is 14.3. The molecule has 0 spiro atoms. The van der Waals surface area contributed by atoms with E-state index in [0.29, 0.717) is 56.9 Å². The number of cyclic esters (lactones) is 1. The monoisotopic (exact) mass is 916 g/mol. The number of methoxy groups -OCH3 is 3. The highest BCUT2D eigenvalue weighted by atomic mass is 19.2. The number of carbonyl (C=O) groups excluding carboxylic acids is 5. The van der Waals surface area contributed by atoms with Gasteiger partial charge in [-0.1, -0.05) is 71.1 Å². The van der Waals surface area contributed by atoms with Crippen molar-refractivity contribution in [2.75, 3.05) is 27.9 Å². The van der Waals surface area contributed by atoms with Gasteiger partial charge < -0.3 is 38.8 Å².